The molecule has 1 aliphatic carbocycles. The Kier molecular flexibility index (Phi) is 5.15. The first-order chi connectivity index (χ1) is 8.72. The van der Waals surface area contributed by atoms with Gasteiger partial charge in [0.15, 0.2) is 0 Å². The van der Waals surface area contributed by atoms with Gasteiger partial charge in [-0.15, -0.1) is 0 Å². The number of carboxylic acid groups (broad SMARTS) is 1. The highest BCUT2D eigenvalue weighted by molar-refractivity contribution is 5.86. The van der Waals surface area contributed by atoms with E-state index in [4.69, 9.17) is 5.11 Å². The predicted molar refractivity (Wildman–Crippen MR) is 74.7 cm³/mol. The lowest BCUT2D eigenvalue weighted by atomic mass is 9.81. The van der Waals surface area contributed by atoms with Crippen molar-refractivity contribution >= 4 is 11.9 Å². The third-order valence-electron chi connectivity index (χ3n) is 3.97. The zero-order valence-electron chi connectivity index (χ0n) is 12.2. The predicted octanol–water partition coefficient (Wildman–Crippen LogP) is 2.74. The standard InChI is InChI=1S/C15H25NO3/c1-10(2)11-5-7-12(8-6-11)16-14(19)15(3,4)9-13(17)18/h11-12H,1,5-9H2,2-4H3,(H,16,19)(H,17,18). The summed E-state index contributed by atoms with van der Waals surface area (Å²) in [5, 5.41) is 11.8. The Hall–Kier alpha value is -1.32. The smallest absolute Gasteiger partial charge is 0.304 e. The van der Waals surface area contributed by atoms with Gasteiger partial charge in [-0.3, -0.25) is 9.59 Å². The highest BCUT2D eigenvalue weighted by atomic mass is 16.4. The van der Waals surface area contributed by atoms with Gasteiger partial charge in [0.05, 0.1) is 11.8 Å². The van der Waals surface area contributed by atoms with Crippen molar-refractivity contribution in [2.24, 2.45) is 11.3 Å². The Morgan fingerprint density at radius 1 is 1.26 bits per heavy atom. The molecule has 0 saturated heterocycles. The molecule has 0 aromatic rings. The molecule has 0 radical (unpaired) electrons. The van der Waals surface area contributed by atoms with Crippen LogP contribution in [0.2, 0.25) is 0 Å². The Labute approximate surface area is 115 Å². The first-order valence-corrected chi connectivity index (χ1v) is 6.90. The van der Waals surface area contributed by atoms with Crippen molar-refractivity contribution in [1.29, 1.82) is 0 Å². The quantitative estimate of drug-likeness (QED) is 0.753. The summed E-state index contributed by atoms with van der Waals surface area (Å²) in [6.45, 7) is 9.39. The molecule has 0 aromatic carbocycles. The molecular formula is C15H25NO3. The van der Waals surface area contributed by atoms with Crippen LogP contribution in [-0.2, 0) is 9.59 Å². The normalized spacial score (nSPS) is 23.7. The van der Waals surface area contributed by atoms with E-state index in [1.165, 1.54) is 5.57 Å². The molecule has 1 saturated carbocycles. The molecule has 0 heterocycles. The minimum atomic E-state index is -0.939. The van der Waals surface area contributed by atoms with Crippen molar-refractivity contribution in [2.45, 2.75) is 58.9 Å². The summed E-state index contributed by atoms with van der Waals surface area (Å²) in [5.74, 6) is -0.528. The van der Waals surface area contributed by atoms with E-state index < -0.39 is 11.4 Å². The van der Waals surface area contributed by atoms with Crippen LogP contribution in [0.1, 0.15) is 52.9 Å². The Balaban J connectivity index is 2.46. The average molecular weight is 267 g/mol. The summed E-state index contributed by atoms with van der Waals surface area (Å²) in [7, 11) is 0. The van der Waals surface area contributed by atoms with Crippen molar-refractivity contribution in [3.8, 4) is 0 Å². The lowest BCUT2D eigenvalue weighted by Gasteiger charge is -2.32. The Morgan fingerprint density at radius 2 is 1.79 bits per heavy atom. The molecule has 1 aliphatic rings. The van der Waals surface area contributed by atoms with Crippen LogP contribution in [0.25, 0.3) is 0 Å². The zero-order chi connectivity index (χ0) is 14.6. The van der Waals surface area contributed by atoms with Crippen LogP contribution in [-0.4, -0.2) is 23.0 Å². The first kappa shape index (κ1) is 15.7. The van der Waals surface area contributed by atoms with Gasteiger partial charge >= 0.3 is 5.97 Å². The van der Waals surface area contributed by atoms with Gasteiger partial charge in [0.25, 0.3) is 0 Å². The van der Waals surface area contributed by atoms with Crippen molar-refractivity contribution in [1.82, 2.24) is 5.32 Å². The highest BCUT2D eigenvalue weighted by Gasteiger charge is 2.32. The molecule has 0 bridgehead atoms. The molecular weight excluding hydrogens is 242 g/mol. The van der Waals surface area contributed by atoms with Gasteiger partial charge in [0.1, 0.15) is 0 Å². The molecule has 1 amide bonds. The van der Waals surface area contributed by atoms with E-state index in [9.17, 15) is 9.59 Å². The van der Waals surface area contributed by atoms with Gasteiger partial charge in [-0.2, -0.15) is 0 Å². The van der Waals surface area contributed by atoms with Gasteiger partial charge in [-0.05, 0) is 38.5 Å². The number of amides is 1. The highest BCUT2D eigenvalue weighted by Crippen LogP contribution is 2.30. The van der Waals surface area contributed by atoms with Crippen molar-refractivity contribution < 1.29 is 14.7 Å². The summed E-state index contributed by atoms with van der Waals surface area (Å²) in [6.07, 6.45) is 3.87. The molecule has 2 N–H and O–H groups in total. The van der Waals surface area contributed by atoms with E-state index >= 15 is 0 Å². The number of carbonyl (C=O) groups is 2. The fraction of sp³-hybridized carbons (Fsp3) is 0.733. The number of aliphatic carboxylic acids is 1. The number of hydrogen-bond acceptors (Lipinski definition) is 2. The first-order valence-electron chi connectivity index (χ1n) is 6.90. The van der Waals surface area contributed by atoms with Gasteiger partial charge in [-0.25, -0.2) is 0 Å². The second-order valence-corrected chi connectivity index (χ2v) is 6.32. The van der Waals surface area contributed by atoms with Crippen molar-refractivity contribution in [2.75, 3.05) is 0 Å². The Bertz CT molecular complexity index is 366. The number of allylic oxidation sites excluding steroid dienone is 1. The average Bonchev–Trinajstić information content (AvgIpc) is 2.27. The minimum Gasteiger partial charge on any atom is -0.481 e. The number of rotatable bonds is 5. The maximum absolute atomic E-state index is 12.1. The van der Waals surface area contributed by atoms with Gasteiger partial charge < -0.3 is 10.4 Å². The molecule has 4 nitrogen and oxygen atoms in total. The van der Waals surface area contributed by atoms with Crippen LogP contribution in [0.5, 0.6) is 0 Å². The zero-order valence-corrected chi connectivity index (χ0v) is 12.2. The lowest BCUT2D eigenvalue weighted by molar-refractivity contribution is -0.144. The maximum atomic E-state index is 12.1. The molecule has 1 rings (SSSR count). The molecule has 4 heteroatoms. The van der Waals surface area contributed by atoms with E-state index in [0.29, 0.717) is 5.92 Å². The van der Waals surface area contributed by atoms with Gasteiger partial charge in [-0.1, -0.05) is 26.0 Å². The SMILES string of the molecule is C=C(C)C1CCC(NC(=O)C(C)(C)CC(=O)O)CC1. The fourth-order valence-corrected chi connectivity index (χ4v) is 2.57. The number of carbonyl (C=O) groups excluding carboxylic acids is 1. The van der Waals surface area contributed by atoms with E-state index in [0.717, 1.165) is 25.7 Å². The molecule has 19 heavy (non-hydrogen) atoms. The largest absolute Gasteiger partial charge is 0.481 e. The number of hydrogen-bond donors (Lipinski definition) is 2. The maximum Gasteiger partial charge on any atom is 0.304 e. The molecule has 0 atom stereocenters. The van der Waals surface area contributed by atoms with Crippen LogP contribution in [0.15, 0.2) is 12.2 Å². The molecule has 0 unspecified atom stereocenters. The second-order valence-electron chi connectivity index (χ2n) is 6.32. The molecule has 108 valence electrons. The monoisotopic (exact) mass is 267 g/mol. The van der Waals surface area contributed by atoms with E-state index in [-0.39, 0.29) is 18.4 Å². The summed E-state index contributed by atoms with van der Waals surface area (Å²) < 4.78 is 0. The van der Waals surface area contributed by atoms with Crippen molar-refractivity contribution in [3.63, 3.8) is 0 Å². The van der Waals surface area contributed by atoms with Crippen LogP contribution in [0.4, 0.5) is 0 Å². The van der Waals surface area contributed by atoms with Crippen LogP contribution < -0.4 is 5.32 Å². The number of nitrogens with one attached hydrogen (secondary N) is 1. The summed E-state index contributed by atoms with van der Waals surface area (Å²) in [6, 6.07) is 0.177. The molecule has 0 aliphatic heterocycles. The van der Waals surface area contributed by atoms with Crippen LogP contribution in [0.3, 0.4) is 0 Å². The van der Waals surface area contributed by atoms with E-state index in [2.05, 4.69) is 18.8 Å². The van der Waals surface area contributed by atoms with Crippen molar-refractivity contribution in [3.05, 3.63) is 12.2 Å². The minimum absolute atomic E-state index is 0.139. The fourth-order valence-electron chi connectivity index (χ4n) is 2.57. The lowest BCUT2D eigenvalue weighted by Crippen LogP contribution is -2.45. The summed E-state index contributed by atoms with van der Waals surface area (Å²) >= 11 is 0. The topological polar surface area (TPSA) is 66.4 Å². The third kappa shape index (κ3) is 4.69. The van der Waals surface area contributed by atoms with Gasteiger partial charge in [0.2, 0.25) is 5.91 Å². The van der Waals surface area contributed by atoms with Crippen LogP contribution >= 0.6 is 0 Å². The number of carboxylic acids is 1. The van der Waals surface area contributed by atoms with E-state index in [1.807, 2.05) is 0 Å². The second kappa shape index (κ2) is 6.22. The van der Waals surface area contributed by atoms with Crippen LogP contribution in [0, 0.1) is 11.3 Å². The molecule has 0 spiro atoms. The van der Waals surface area contributed by atoms with E-state index in [1.54, 1.807) is 13.8 Å². The molecule has 1 fully saturated rings. The molecule has 0 aromatic heterocycles. The summed E-state index contributed by atoms with van der Waals surface area (Å²) in [4.78, 5) is 22.8. The van der Waals surface area contributed by atoms with Gasteiger partial charge in [0, 0.05) is 6.04 Å². The third-order valence-corrected chi connectivity index (χ3v) is 3.97. The summed E-state index contributed by atoms with van der Waals surface area (Å²) in [5.41, 5.74) is 0.368. The Morgan fingerprint density at radius 3 is 2.21 bits per heavy atom.